The first kappa shape index (κ1) is 28.5. The maximum absolute atomic E-state index is 15.2. The Kier molecular flexibility index (Phi) is 7.65. The zero-order valence-electron chi connectivity index (χ0n) is 22.3. The summed E-state index contributed by atoms with van der Waals surface area (Å²) in [5, 5.41) is 13.5. The van der Waals surface area contributed by atoms with E-state index in [-0.39, 0.29) is 31.0 Å². The van der Waals surface area contributed by atoms with Gasteiger partial charge in [0.1, 0.15) is 31.2 Å². The van der Waals surface area contributed by atoms with Crippen molar-refractivity contribution in [2.24, 2.45) is 0 Å². The predicted octanol–water partition coefficient (Wildman–Crippen LogP) is 4.62. The van der Waals surface area contributed by atoms with Gasteiger partial charge in [0.2, 0.25) is 0 Å². The lowest BCUT2D eigenvalue weighted by Gasteiger charge is -2.33. The minimum absolute atomic E-state index is 0.0193. The van der Waals surface area contributed by atoms with Crippen molar-refractivity contribution in [3.8, 4) is 0 Å². The number of amides is 1. The quantitative estimate of drug-likeness (QED) is 0.314. The molecular formula is C28H31F4N4O3P. The average Bonchev–Trinajstić information content (AvgIpc) is 3.43. The molecule has 5 rings (SSSR count). The SMILES string of the molecule is Cc1nc(N[C@H](C)c2cccc(C(F)(F)CO)c2F)c2cc(P3(=O)CCN(C(=O)CF)CC3)c3c(c2n1)CCC3. The van der Waals surface area contributed by atoms with Gasteiger partial charge in [-0.15, -0.1) is 0 Å². The van der Waals surface area contributed by atoms with E-state index in [1.165, 1.54) is 17.0 Å². The third kappa shape index (κ3) is 4.98. The Bertz CT molecular complexity index is 1520. The van der Waals surface area contributed by atoms with Crippen molar-refractivity contribution < 1.29 is 32.0 Å². The van der Waals surface area contributed by atoms with Crippen LogP contribution >= 0.6 is 7.14 Å². The van der Waals surface area contributed by atoms with Gasteiger partial charge in [-0.1, -0.05) is 12.1 Å². The number of hydrogen-bond donors (Lipinski definition) is 2. The van der Waals surface area contributed by atoms with Crippen molar-refractivity contribution in [1.29, 1.82) is 0 Å². The van der Waals surface area contributed by atoms with Crippen LogP contribution in [0.15, 0.2) is 24.3 Å². The van der Waals surface area contributed by atoms with Crippen LogP contribution in [0, 0.1) is 12.7 Å². The lowest BCUT2D eigenvalue weighted by atomic mass is 10.00. The summed E-state index contributed by atoms with van der Waals surface area (Å²) >= 11 is 0. The Balaban J connectivity index is 1.57. The third-order valence-electron chi connectivity index (χ3n) is 7.96. The lowest BCUT2D eigenvalue weighted by Crippen LogP contribution is -2.42. The molecule has 0 bridgehead atoms. The van der Waals surface area contributed by atoms with Gasteiger partial charge < -0.3 is 19.9 Å². The number of nitrogens with one attached hydrogen (secondary N) is 1. The Labute approximate surface area is 229 Å². The summed E-state index contributed by atoms with van der Waals surface area (Å²) < 4.78 is 70.7. The maximum atomic E-state index is 15.2. The zero-order valence-corrected chi connectivity index (χ0v) is 23.2. The van der Waals surface area contributed by atoms with E-state index < -0.39 is 49.7 Å². The first-order valence-corrected chi connectivity index (χ1v) is 15.4. The molecule has 1 saturated heterocycles. The van der Waals surface area contributed by atoms with E-state index in [0.717, 1.165) is 41.8 Å². The molecule has 1 atom stereocenters. The second-order valence-corrected chi connectivity index (χ2v) is 13.7. The van der Waals surface area contributed by atoms with Crippen LogP contribution in [0.5, 0.6) is 0 Å². The highest BCUT2D eigenvalue weighted by atomic mass is 31.2. The Morgan fingerprint density at radius 2 is 1.90 bits per heavy atom. The van der Waals surface area contributed by atoms with Gasteiger partial charge in [-0.3, -0.25) is 4.79 Å². The van der Waals surface area contributed by atoms with Crippen molar-refractivity contribution in [1.82, 2.24) is 14.9 Å². The van der Waals surface area contributed by atoms with E-state index >= 15 is 4.39 Å². The lowest BCUT2D eigenvalue weighted by molar-refractivity contribution is -0.131. The molecule has 0 spiro atoms. The Morgan fingerprint density at radius 1 is 1.20 bits per heavy atom. The molecular weight excluding hydrogens is 547 g/mol. The van der Waals surface area contributed by atoms with E-state index in [1.807, 2.05) is 6.07 Å². The number of benzene rings is 2. The molecule has 2 aromatic carbocycles. The van der Waals surface area contributed by atoms with Crippen LogP contribution in [0.2, 0.25) is 0 Å². The molecule has 0 radical (unpaired) electrons. The smallest absolute Gasteiger partial charge is 0.298 e. The summed E-state index contributed by atoms with van der Waals surface area (Å²) in [6, 6.07) is 4.71. The first-order chi connectivity index (χ1) is 19.0. The number of aromatic nitrogens is 2. The van der Waals surface area contributed by atoms with Crippen LogP contribution < -0.4 is 10.6 Å². The number of aliphatic hydroxyl groups is 1. The van der Waals surface area contributed by atoms with Crippen LogP contribution in [0.1, 0.15) is 47.5 Å². The maximum Gasteiger partial charge on any atom is 0.298 e. The molecule has 2 aliphatic rings. The number of alkyl halides is 3. The fourth-order valence-corrected chi connectivity index (χ4v) is 8.77. The van der Waals surface area contributed by atoms with Crippen molar-refractivity contribution in [2.75, 3.05) is 44.0 Å². The topological polar surface area (TPSA) is 95.4 Å². The van der Waals surface area contributed by atoms with Gasteiger partial charge in [-0.05, 0) is 56.4 Å². The second-order valence-electron chi connectivity index (χ2n) is 10.5. The van der Waals surface area contributed by atoms with Gasteiger partial charge in [0.25, 0.3) is 11.8 Å². The van der Waals surface area contributed by atoms with Gasteiger partial charge in [-0.2, -0.15) is 8.78 Å². The molecule has 1 fully saturated rings. The number of nitrogens with zero attached hydrogens (tertiary/aromatic N) is 3. The average molecular weight is 579 g/mol. The van der Waals surface area contributed by atoms with E-state index in [9.17, 15) is 22.5 Å². The molecule has 1 aliphatic carbocycles. The van der Waals surface area contributed by atoms with E-state index in [4.69, 9.17) is 5.11 Å². The molecule has 2 heterocycles. The molecule has 0 unspecified atom stereocenters. The normalized spacial score (nSPS) is 17.6. The summed E-state index contributed by atoms with van der Waals surface area (Å²) in [5.41, 5.74) is 1.79. The predicted molar refractivity (Wildman–Crippen MR) is 145 cm³/mol. The monoisotopic (exact) mass is 578 g/mol. The fraction of sp³-hybridized carbons (Fsp3) is 0.464. The standard InChI is InChI=1S/C28H31F4N4O3P/c1-16(18-5-4-8-22(25(18)30)28(31,32)15-37)33-27-21-13-23(40(39)11-9-36(10-12-40)24(38)14-29)19-6-3-7-20(19)26(21)34-17(2)35-27/h4-5,8,13,16,37H,3,6-7,9-12,14-15H2,1-2H3,(H,33,34,35)/t16-/m1/s1. The van der Waals surface area contributed by atoms with Crippen LogP contribution in [-0.2, 0) is 28.1 Å². The summed E-state index contributed by atoms with van der Waals surface area (Å²) in [5.74, 6) is -4.62. The number of hydrogen-bond acceptors (Lipinski definition) is 6. The van der Waals surface area contributed by atoms with Crippen LogP contribution in [0.25, 0.3) is 10.9 Å². The number of carbonyl (C=O) groups is 1. The third-order valence-corrected chi connectivity index (χ3v) is 11.1. The molecule has 3 aromatic rings. The summed E-state index contributed by atoms with van der Waals surface area (Å²) in [4.78, 5) is 22.5. The highest BCUT2D eigenvalue weighted by Crippen LogP contribution is 2.50. The van der Waals surface area contributed by atoms with E-state index in [1.54, 1.807) is 13.8 Å². The van der Waals surface area contributed by atoms with Gasteiger partial charge in [0, 0.05) is 41.7 Å². The van der Waals surface area contributed by atoms with Gasteiger partial charge in [0.05, 0.1) is 17.1 Å². The van der Waals surface area contributed by atoms with Gasteiger partial charge in [0.15, 0.2) is 6.67 Å². The molecule has 1 aromatic heterocycles. The minimum Gasteiger partial charge on any atom is -0.390 e. The molecule has 1 aliphatic heterocycles. The Hall–Kier alpha value is -3.04. The number of aliphatic hydroxyl groups excluding tert-OH is 1. The highest BCUT2D eigenvalue weighted by Gasteiger charge is 2.37. The zero-order chi connectivity index (χ0) is 28.8. The van der Waals surface area contributed by atoms with Crippen molar-refractivity contribution in [2.45, 2.75) is 45.1 Å². The number of rotatable bonds is 7. The molecule has 12 heteroatoms. The number of carbonyl (C=O) groups excluding carboxylic acids is 1. The summed E-state index contributed by atoms with van der Waals surface area (Å²) in [7, 11) is -2.93. The molecule has 40 heavy (non-hydrogen) atoms. The summed E-state index contributed by atoms with van der Waals surface area (Å²) in [6.07, 6.45) is 2.86. The molecule has 2 N–H and O–H groups in total. The molecule has 0 saturated carbocycles. The second kappa shape index (κ2) is 10.7. The van der Waals surface area contributed by atoms with Crippen molar-refractivity contribution in [3.05, 3.63) is 58.2 Å². The number of aryl methyl sites for hydroxylation is 2. The largest absolute Gasteiger partial charge is 0.390 e. The molecule has 1 amide bonds. The number of anilines is 1. The first-order valence-electron chi connectivity index (χ1n) is 13.3. The fourth-order valence-electron chi connectivity index (χ4n) is 5.83. The minimum atomic E-state index is -3.73. The Morgan fingerprint density at radius 3 is 2.58 bits per heavy atom. The highest BCUT2D eigenvalue weighted by molar-refractivity contribution is 7.71. The van der Waals surface area contributed by atoms with Crippen LogP contribution in [0.3, 0.4) is 0 Å². The number of halogens is 4. The van der Waals surface area contributed by atoms with Crippen molar-refractivity contribution in [3.63, 3.8) is 0 Å². The number of fused-ring (bicyclic) bond motifs is 3. The molecule has 214 valence electrons. The van der Waals surface area contributed by atoms with Gasteiger partial charge in [-0.25, -0.2) is 18.7 Å². The summed E-state index contributed by atoms with van der Waals surface area (Å²) in [6.45, 7) is 1.18. The van der Waals surface area contributed by atoms with Crippen LogP contribution in [-0.4, -0.2) is 64.6 Å². The van der Waals surface area contributed by atoms with E-state index in [0.29, 0.717) is 22.5 Å². The van der Waals surface area contributed by atoms with E-state index in [2.05, 4.69) is 15.3 Å². The van der Waals surface area contributed by atoms with Gasteiger partial charge >= 0.3 is 0 Å². The van der Waals surface area contributed by atoms with Crippen molar-refractivity contribution >= 4 is 35.1 Å². The van der Waals surface area contributed by atoms with Crippen LogP contribution in [0.4, 0.5) is 23.4 Å². The molecule has 7 nitrogen and oxygen atoms in total.